The number of nitrogens with one attached hydrogen (secondary N) is 5. The monoisotopic (exact) mass is 632 g/mol. The number of nitrogens with zero attached hydrogens (tertiary/aromatic N) is 4. The molecule has 0 aliphatic carbocycles. The smallest absolute Gasteiger partial charge is 0.0220 e. The molecule has 4 heterocycles. The molecule has 1 unspecified atom stereocenters. The van der Waals surface area contributed by atoms with E-state index >= 15 is 0 Å². The van der Waals surface area contributed by atoms with E-state index in [0.29, 0.717) is 0 Å². The summed E-state index contributed by atoms with van der Waals surface area (Å²) in [6.45, 7) is 19.9. The lowest BCUT2D eigenvalue weighted by atomic mass is 10.1. The van der Waals surface area contributed by atoms with E-state index in [-0.39, 0.29) is 7.43 Å². The zero-order chi connectivity index (χ0) is 32.6. The highest BCUT2D eigenvalue weighted by atomic mass is 15.5. The Morgan fingerprint density at radius 1 is 0.705 bits per heavy atom. The predicted octanol–water partition coefficient (Wildman–Crippen LogP) is 4.18. The second-order valence-electron chi connectivity index (χ2n) is 12.4. The standard InChI is InChI=1S/C8H18N2.2C7H16N2.C5H11N.C4H11N.C3H9N.CH4/c1-3-10-6-4-5-8(10)7-9-2;1-9(2)7-3-5-8-6-4-7;1-8-9-6-4-2-3-5-7-9;1-6-4-2-3-5-6;1-3-4-5-2;1-3-4-2;/h8-9H,3-7H2,1-2H3;7-8H,3-6H2,1-2H3;8H,2-7H2,1H3;2-5H2,1H3;5H,3-4H2,1-2H3;4H,3H2,1-2H3;1H4. The summed E-state index contributed by atoms with van der Waals surface area (Å²) in [5, 5.41) is 14.8. The molecule has 270 valence electrons. The lowest BCUT2D eigenvalue weighted by Gasteiger charge is -2.28. The fraction of sp³-hybridized carbons (Fsp3) is 1.00. The van der Waals surface area contributed by atoms with Crippen molar-refractivity contribution in [1.29, 1.82) is 0 Å². The highest BCUT2D eigenvalue weighted by Crippen LogP contribution is 2.15. The average molecular weight is 632 g/mol. The molecule has 0 amide bonds. The molecule has 0 aromatic carbocycles. The largest absolute Gasteiger partial charge is 0.320 e. The summed E-state index contributed by atoms with van der Waals surface area (Å²) in [5.74, 6) is 0. The van der Waals surface area contributed by atoms with Crippen LogP contribution in [-0.2, 0) is 0 Å². The quantitative estimate of drug-likeness (QED) is 0.272. The summed E-state index contributed by atoms with van der Waals surface area (Å²) in [4.78, 5) is 7.23. The third-order valence-corrected chi connectivity index (χ3v) is 8.49. The van der Waals surface area contributed by atoms with Gasteiger partial charge < -0.3 is 31.1 Å². The van der Waals surface area contributed by atoms with Crippen molar-refractivity contribution >= 4 is 0 Å². The van der Waals surface area contributed by atoms with E-state index in [2.05, 4.69) is 88.3 Å². The van der Waals surface area contributed by atoms with Gasteiger partial charge in [0, 0.05) is 31.7 Å². The van der Waals surface area contributed by atoms with Crippen LogP contribution in [0.25, 0.3) is 0 Å². The number of rotatable bonds is 8. The van der Waals surface area contributed by atoms with E-state index in [1.54, 1.807) is 0 Å². The van der Waals surface area contributed by atoms with Gasteiger partial charge in [0.25, 0.3) is 0 Å². The number of hydrogen-bond donors (Lipinski definition) is 5. The Hall–Kier alpha value is -0.360. The van der Waals surface area contributed by atoms with Crippen molar-refractivity contribution in [2.45, 2.75) is 111 Å². The maximum atomic E-state index is 3.34. The van der Waals surface area contributed by atoms with E-state index in [0.717, 1.165) is 31.7 Å². The van der Waals surface area contributed by atoms with Gasteiger partial charge >= 0.3 is 0 Å². The molecule has 4 fully saturated rings. The van der Waals surface area contributed by atoms with Crippen LogP contribution in [0.5, 0.6) is 0 Å². The summed E-state index contributed by atoms with van der Waals surface area (Å²) in [5.41, 5.74) is 3.18. The molecule has 4 rings (SSSR count). The zero-order valence-corrected chi connectivity index (χ0v) is 31.0. The van der Waals surface area contributed by atoms with E-state index in [1.807, 2.05) is 28.2 Å². The lowest BCUT2D eigenvalue weighted by molar-refractivity contribution is 0.217. The van der Waals surface area contributed by atoms with Gasteiger partial charge in [0.1, 0.15) is 0 Å². The molecular weight excluding hydrogens is 546 g/mol. The van der Waals surface area contributed by atoms with Crippen LogP contribution in [0.2, 0.25) is 0 Å². The van der Waals surface area contributed by atoms with Crippen molar-refractivity contribution in [2.75, 3.05) is 121 Å². The molecule has 0 aromatic rings. The van der Waals surface area contributed by atoms with Gasteiger partial charge in [-0.15, -0.1) is 0 Å². The van der Waals surface area contributed by atoms with E-state index in [4.69, 9.17) is 0 Å². The normalized spacial score (nSPS) is 20.9. The molecule has 4 aliphatic rings. The molecule has 0 spiro atoms. The van der Waals surface area contributed by atoms with Crippen LogP contribution in [0, 0.1) is 0 Å². The van der Waals surface area contributed by atoms with Gasteiger partial charge in [-0.05, 0) is 159 Å². The molecule has 9 nitrogen and oxygen atoms in total. The van der Waals surface area contributed by atoms with Gasteiger partial charge in [0.15, 0.2) is 0 Å². The molecule has 5 N–H and O–H groups in total. The minimum Gasteiger partial charge on any atom is -0.320 e. The van der Waals surface area contributed by atoms with Crippen molar-refractivity contribution in [1.82, 2.24) is 46.4 Å². The van der Waals surface area contributed by atoms with Crippen molar-refractivity contribution in [3.05, 3.63) is 0 Å². The van der Waals surface area contributed by atoms with Crippen LogP contribution in [0.1, 0.15) is 98.8 Å². The van der Waals surface area contributed by atoms with Gasteiger partial charge in [0.2, 0.25) is 0 Å². The van der Waals surface area contributed by atoms with Gasteiger partial charge in [0.05, 0.1) is 0 Å². The second-order valence-corrected chi connectivity index (χ2v) is 12.4. The molecule has 4 aliphatic heterocycles. The van der Waals surface area contributed by atoms with Crippen molar-refractivity contribution in [3.63, 3.8) is 0 Å². The fourth-order valence-corrected chi connectivity index (χ4v) is 5.52. The number of hydrazine groups is 1. The molecule has 0 radical (unpaired) electrons. The van der Waals surface area contributed by atoms with E-state index in [9.17, 15) is 0 Å². The van der Waals surface area contributed by atoms with Crippen molar-refractivity contribution < 1.29 is 0 Å². The van der Waals surface area contributed by atoms with Crippen molar-refractivity contribution in [2.24, 2.45) is 0 Å². The molecule has 0 bridgehead atoms. The first-order valence-electron chi connectivity index (χ1n) is 18.0. The topological polar surface area (TPSA) is 73.1 Å². The highest BCUT2D eigenvalue weighted by Gasteiger charge is 2.21. The van der Waals surface area contributed by atoms with E-state index < -0.39 is 0 Å². The first-order chi connectivity index (χ1) is 20.8. The van der Waals surface area contributed by atoms with Crippen LogP contribution in [0.4, 0.5) is 0 Å². The Morgan fingerprint density at radius 2 is 1.25 bits per heavy atom. The zero-order valence-electron chi connectivity index (χ0n) is 31.0. The minimum absolute atomic E-state index is 0. The Morgan fingerprint density at radius 3 is 1.57 bits per heavy atom. The Bertz CT molecular complexity index is 500. The molecule has 44 heavy (non-hydrogen) atoms. The molecule has 1 atom stereocenters. The summed E-state index contributed by atoms with van der Waals surface area (Å²) in [7, 11) is 14.4. The molecule has 0 saturated carbocycles. The first kappa shape index (κ1) is 48.0. The maximum absolute atomic E-state index is 3.34. The van der Waals surface area contributed by atoms with Gasteiger partial charge in [-0.25, -0.2) is 5.01 Å². The summed E-state index contributed by atoms with van der Waals surface area (Å²) >= 11 is 0. The number of hydrogen-bond acceptors (Lipinski definition) is 9. The highest BCUT2D eigenvalue weighted by molar-refractivity contribution is 4.79. The third-order valence-electron chi connectivity index (χ3n) is 8.49. The Balaban J connectivity index is -0.000000469. The number of piperidine rings is 1. The number of likely N-dealkylation sites (N-methyl/N-ethyl adjacent to an activating group) is 2. The third kappa shape index (κ3) is 30.3. The summed E-state index contributed by atoms with van der Waals surface area (Å²) in [6, 6.07) is 1.64. The van der Waals surface area contributed by atoms with Crippen LogP contribution < -0.4 is 26.7 Å². The van der Waals surface area contributed by atoms with Crippen LogP contribution in [0.3, 0.4) is 0 Å². The molecule has 0 aromatic heterocycles. The van der Waals surface area contributed by atoms with Crippen LogP contribution in [0.15, 0.2) is 0 Å². The van der Waals surface area contributed by atoms with Crippen LogP contribution in [-0.4, -0.2) is 153 Å². The lowest BCUT2D eigenvalue weighted by Crippen LogP contribution is -2.39. The molecular formula is C35H85N9. The van der Waals surface area contributed by atoms with Crippen molar-refractivity contribution in [3.8, 4) is 0 Å². The fourth-order valence-electron chi connectivity index (χ4n) is 5.52. The SMILES string of the molecule is C.CCCNC.CCN1CCCC1CNC.CCNC.CN(C)C1CCNCC1.CN1CCCC1.CNN1CCCCCC1. The Kier molecular flexibility index (Phi) is 40.5. The Labute approximate surface area is 278 Å². The maximum Gasteiger partial charge on any atom is 0.0220 e. The molecule has 4 saturated heterocycles. The van der Waals surface area contributed by atoms with Gasteiger partial charge in [-0.2, -0.15) is 0 Å². The first-order valence-corrected chi connectivity index (χ1v) is 18.0. The molecule has 9 heteroatoms. The summed E-state index contributed by atoms with van der Waals surface area (Å²) in [6.07, 6.45) is 15.0. The van der Waals surface area contributed by atoms with Gasteiger partial charge in [-0.1, -0.05) is 41.0 Å². The minimum atomic E-state index is 0. The van der Waals surface area contributed by atoms with Crippen LogP contribution >= 0.6 is 0 Å². The number of likely N-dealkylation sites (tertiary alicyclic amines) is 2. The van der Waals surface area contributed by atoms with Gasteiger partial charge in [-0.3, -0.25) is 10.3 Å². The average Bonchev–Trinajstić information content (AvgIpc) is 3.63. The summed E-state index contributed by atoms with van der Waals surface area (Å²) < 4.78 is 0. The van der Waals surface area contributed by atoms with E-state index in [1.165, 1.54) is 123 Å². The second kappa shape index (κ2) is 37.1. The predicted molar refractivity (Wildman–Crippen MR) is 200 cm³/mol.